The monoisotopic (exact) mass is 178 g/mol. The molecule has 0 amide bonds. The quantitative estimate of drug-likeness (QED) is 0.615. The van der Waals surface area contributed by atoms with Crippen LogP contribution in [0.1, 0.15) is 47.7 Å². The lowest BCUT2D eigenvalue weighted by molar-refractivity contribution is 0.111. The third-order valence-electron chi connectivity index (χ3n) is 2.79. The maximum Gasteiger partial charge on any atom is 0.168 e. The number of aldehydes is 1. The molecule has 0 saturated carbocycles. The third kappa shape index (κ3) is 1.19. The highest BCUT2D eigenvalue weighted by Crippen LogP contribution is 2.27. The summed E-state index contributed by atoms with van der Waals surface area (Å²) in [5.74, 6) is 1.59. The fourth-order valence-corrected chi connectivity index (χ4v) is 2.05. The van der Waals surface area contributed by atoms with Crippen molar-refractivity contribution in [2.24, 2.45) is 0 Å². The highest BCUT2D eigenvalue weighted by molar-refractivity contribution is 5.74. The number of rotatable bonds is 1. The Hall–Kier alpha value is -1.12. The predicted octanol–water partition coefficient (Wildman–Crippen LogP) is 1.90. The van der Waals surface area contributed by atoms with Crippen LogP contribution in [0.25, 0.3) is 0 Å². The van der Waals surface area contributed by atoms with Gasteiger partial charge in [0.1, 0.15) is 11.5 Å². The van der Waals surface area contributed by atoms with E-state index in [1.54, 1.807) is 0 Å². The summed E-state index contributed by atoms with van der Waals surface area (Å²) < 4.78 is 2.07. The number of hydrogen-bond donors (Lipinski definition) is 0. The minimum atomic E-state index is 0.501. The average Bonchev–Trinajstić information content (AvgIpc) is 2.43. The molecule has 3 heteroatoms. The van der Waals surface area contributed by atoms with Gasteiger partial charge in [0.15, 0.2) is 6.29 Å². The van der Waals surface area contributed by atoms with E-state index >= 15 is 0 Å². The van der Waals surface area contributed by atoms with Gasteiger partial charge in [0.2, 0.25) is 0 Å². The summed E-state index contributed by atoms with van der Waals surface area (Å²) in [7, 11) is 0. The number of aryl methyl sites for hydroxylation is 1. The van der Waals surface area contributed by atoms with Gasteiger partial charge in [-0.05, 0) is 19.8 Å². The first-order valence-corrected chi connectivity index (χ1v) is 4.76. The fraction of sp³-hybridized carbons (Fsp3) is 0.600. The molecule has 0 spiro atoms. The standard InChI is InChI=1S/C10H14N2O/c1-7-4-3-5-12-9(6-13)8(2)11-10(7)12/h6-7H,3-5H2,1-2H3. The van der Waals surface area contributed by atoms with Crippen molar-refractivity contribution >= 4 is 6.29 Å². The van der Waals surface area contributed by atoms with Gasteiger partial charge in [-0.2, -0.15) is 0 Å². The summed E-state index contributed by atoms with van der Waals surface area (Å²) in [6.07, 6.45) is 3.27. The van der Waals surface area contributed by atoms with Crippen molar-refractivity contribution in [2.75, 3.05) is 0 Å². The van der Waals surface area contributed by atoms with Gasteiger partial charge in [-0.25, -0.2) is 4.98 Å². The van der Waals surface area contributed by atoms with Crippen molar-refractivity contribution in [1.29, 1.82) is 0 Å². The van der Waals surface area contributed by atoms with E-state index in [-0.39, 0.29) is 0 Å². The molecule has 0 N–H and O–H groups in total. The fourth-order valence-electron chi connectivity index (χ4n) is 2.05. The molecule has 1 aliphatic heterocycles. The zero-order chi connectivity index (χ0) is 9.42. The molecule has 2 heterocycles. The number of fused-ring (bicyclic) bond motifs is 1. The Balaban J connectivity index is 2.56. The maximum atomic E-state index is 10.8. The summed E-state index contributed by atoms with van der Waals surface area (Å²) in [6, 6.07) is 0. The smallest absolute Gasteiger partial charge is 0.168 e. The van der Waals surface area contributed by atoms with Gasteiger partial charge in [-0.3, -0.25) is 4.79 Å². The summed E-state index contributed by atoms with van der Waals surface area (Å²) in [6.45, 7) is 5.03. The van der Waals surface area contributed by atoms with Crippen LogP contribution in [-0.2, 0) is 6.54 Å². The SMILES string of the molecule is Cc1nc2n(c1C=O)CCCC2C. The van der Waals surface area contributed by atoms with Gasteiger partial charge in [0, 0.05) is 12.5 Å². The molecular weight excluding hydrogens is 164 g/mol. The topological polar surface area (TPSA) is 34.9 Å². The molecular formula is C10H14N2O. The molecule has 3 nitrogen and oxygen atoms in total. The molecule has 1 aliphatic rings. The van der Waals surface area contributed by atoms with Crippen molar-refractivity contribution in [3.8, 4) is 0 Å². The van der Waals surface area contributed by atoms with E-state index in [4.69, 9.17) is 0 Å². The molecule has 1 unspecified atom stereocenters. The van der Waals surface area contributed by atoms with Gasteiger partial charge >= 0.3 is 0 Å². The largest absolute Gasteiger partial charge is 0.325 e. The summed E-state index contributed by atoms with van der Waals surface area (Å²) in [4.78, 5) is 15.2. The third-order valence-corrected chi connectivity index (χ3v) is 2.79. The normalized spacial score (nSPS) is 21.2. The van der Waals surface area contributed by atoms with Crippen LogP contribution in [0.2, 0.25) is 0 Å². The van der Waals surface area contributed by atoms with Crippen molar-refractivity contribution in [1.82, 2.24) is 9.55 Å². The molecule has 0 saturated heterocycles. The summed E-state index contributed by atoms with van der Waals surface area (Å²) >= 11 is 0. The molecule has 70 valence electrons. The first-order chi connectivity index (χ1) is 6.24. The van der Waals surface area contributed by atoms with Gasteiger partial charge < -0.3 is 4.57 Å². The highest BCUT2D eigenvalue weighted by atomic mass is 16.1. The minimum Gasteiger partial charge on any atom is -0.325 e. The molecule has 0 radical (unpaired) electrons. The van der Waals surface area contributed by atoms with Crippen molar-refractivity contribution in [3.05, 3.63) is 17.2 Å². The molecule has 1 aromatic heterocycles. The second-order valence-electron chi connectivity index (χ2n) is 3.75. The van der Waals surface area contributed by atoms with Crippen LogP contribution in [0.3, 0.4) is 0 Å². The molecule has 0 aliphatic carbocycles. The minimum absolute atomic E-state index is 0.501. The predicted molar refractivity (Wildman–Crippen MR) is 50.0 cm³/mol. The molecule has 0 fully saturated rings. The van der Waals surface area contributed by atoms with E-state index in [0.717, 1.165) is 36.5 Å². The lowest BCUT2D eigenvalue weighted by atomic mass is 10.0. The van der Waals surface area contributed by atoms with E-state index in [9.17, 15) is 4.79 Å². The van der Waals surface area contributed by atoms with Crippen molar-refractivity contribution in [2.45, 2.75) is 39.2 Å². The van der Waals surface area contributed by atoms with E-state index in [1.165, 1.54) is 6.42 Å². The first-order valence-electron chi connectivity index (χ1n) is 4.76. The van der Waals surface area contributed by atoms with Crippen LogP contribution < -0.4 is 0 Å². The molecule has 2 rings (SSSR count). The van der Waals surface area contributed by atoms with E-state index in [1.807, 2.05) is 6.92 Å². The lowest BCUT2D eigenvalue weighted by Gasteiger charge is -2.20. The molecule has 1 atom stereocenters. The first kappa shape index (κ1) is 8.48. The number of carbonyl (C=O) groups excluding carboxylic acids is 1. The van der Waals surface area contributed by atoms with Gasteiger partial charge in [0.25, 0.3) is 0 Å². The van der Waals surface area contributed by atoms with Crippen LogP contribution in [0.5, 0.6) is 0 Å². The van der Waals surface area contributed by atoms with Crippen molar-refractivity contribution < 1.29 is 4.79 Å². The maximum absolute atomic E-state index is 10.8. The Labute approximate surface area is 77.8 Å². The van der Waals surface area contributed by atoms with Crippen LogP contribution in [-0.4, -0.2) is 15.8 Å². The van der Waals surface area contributed by atoms with Gasteiger partial charge in [-0.15, -0.1) is 0 Å². The Morgan fingerprint density at radius 3 is 3.08 bits per heavy atom. The Kier molecular flexibility index (Phi) is 1.94. The number of nitrogens with zero attached hydrogens (tertiary/aromatic N) is 2. The zero-order valence-electron chi connectivity index (χ0n) is 8.08. The van der Waals surface area contributed by atoms with Crippen molar-refractivity contribution in [3.63, 3.8) is 0 Å². The second-order valence-corrected chi connectivity index (χ2v) is 3.75. The Morgan fingerprint density at radius 1 is 1.62 bits per heavy atom. The van der Waals surface area contributed by atoms with Crippen LogP contribution in [0.15, 0.2) is 0 Å². The van der Waals surface area contributed by atoms with Crippen LogP contribution >= 0.6 is 0 Å². The van der Waals surface area contributed by atoms with E-state index in [2.05, 4.69) is 16.5 Å². The summed E-state index contributed by atoms with van der Waals surface area (Å²) in [5.41, 5.74) is 1.64. The number of carbonyl (C=O) groups is 1. The van der Waals surface area contributed by atoms with Crippen LogP contribution in [0.4, 0.5) is 0 Å². The van der Waals surface area contributed by atoms with Crippen LogP contribution in [0, 0.1) is 6.92 Å². The molecule has 0 aromatic carbocycles. The number of hydrogen-bond acceptors (Lipinski definition) is 2. The van der Waals surface area contributed by atoms with E-state index < -0.39 is 0 Å². The highest BCUT2D eigenvalue weighted by Gasteiger charge is 2.21. The number of aromatic nitrogens is 2. The lowest BCUT2D eigenvalue weighted by Crippen LogP contribution is -2.15. The number of imidazole rings is 1. The average molecular weight is 178 g/mol. The molecule has 0 bridgehead atoms. The van der Waals surface area contributed by atoms with Gasteiger partial charge in [-0.1, -0.05) is 6.92 Å². The molecule has 13 heavy (non-hydrogen) atoms. The zero-order valence-corrected chi connectivity index (χ0v) is 8.08. The summed E-state index contributed by atoms with van der Waals surface area (Å²) in [5, 5.41) is 0. The second kappa shape index (κ2) is 2.98. The Bertz CT molecular complexity index is 341. The molecule has 1 aromatic rings. The van der Waals surface area contributed by atoms with E-state index in [0.29, 0.717) is 5.92 Å². The Morgan fingerprint density at radius 2 is 2.38 bits per heavy atom. The van der Waals surface area contributed by atoms with Gasteiger partial charge in [0.05, 0.1) is 5.69 Å².